The summed E-state index contributed by atoms with van der Waals surface area (Å²) in [5, 5.41) is 3.36. The number of imidazole rings is 1. The minimum atomic E-state index is -0.0658. The van der Waals surface area contributed by atoms with Gasteiger partial charge in [0.05, 0.1) is 23.6 Å². The number of aromatic amines is 1. The van der Waals surface area contributed by atoms with Crippen molar-refractivity contribution in [2.24, 2.45) is 10.9 Å². The second-order valence-electron chi connectivity index (χ2n) is 6.70. The summed E-state index contributed by atoms with van der Waals surface area (Å²) in [7, 11) is 0. The average molecular weight is 371 g/mol. The number of carbonyl (C=O) groups excluding carboxylic acids is 1. The van der Waals surface area contributed by atoms with Crippen LogP contribution in [0.3, 0.4) is 0 Å². The SMILES string of the molecule is CCNC(=NCCc1nc2ccccc2[nH]1)N1CCC(C(=O)OCC)CC1. The molecule has 0 atom stereocenters. The third kappa shape index (κ3) is 4.99. The second-order valence-corrected chi connectivity index (χ2v) is 6.70. The number of benzene rings is 1. The van der Waals surface area contributed by atoms with Gasteiger partial charge in [-0.1, -0.05) is 12.1 Å². The summed E-state index contributed by atoms with van der Waals surface area (Å²) < 4.78 is 5.15. The number of aliphatic imine (C=N–C) groups is 1. The van der Waals surface area contributed by atoms with E-state index in [1.54, 1.807) is 0 Å². The molecule has 7 nitrogen and oxygen atoms in total. The summed E-state index contributed by atoms with van der Waals surface area (Å²) in [5.41, 5.74) is 2.05. The number of nitrogens with one attached hydrogen (secondary N) is 2. The van der Waals surface area contributed by atoms with E-state index in [0.29, 0.717) is 13.2 Å². The van der Waals surface area contributed by atoms with Crippen LogP contribution in [0.5, 0.6) is 0 Å². The second kappa shape index (κ2) is 9.39. The predicted octanol–water partition coefficient (Wildman–Crippen LogP) is 2.35. The molecule has 1 aromatic heterocycles. The van der Waals surface area contributed by atoms with E-state index in [1.165, 1.54) is 0 Å². The van der Waals surface area contributed by atoms with Gasteiger partial charge >= 0.3 is 5.97 Å². The van der Waals surface area contributed by atoms with E-state index < -0.39 is 0 Å². The normalized spacial score (nSPS) is 15.9. The Morgan fingerprint density at radius 3 is 2.81 bits per heavy atom. The highest BCUT2D eigenvalue weighted by Crippen LogP contribution is 2.19. The number of fused-ring (bicyclic) bond motifs is 1. The fourth-order valence-corrected chi connectivity index (χ4v) is 3.40. The van der Waals surface area contributed by atoms with E-state index in [1.807, 2.05) is 31.2 Å². The van der Waals surface area contributed by atoms with Crippen molar-refractivity contribution in [1.29, 1.82) is 0 Å². The summed E-state index contributed by atoms with van der Waals surface area (Å²) in [6.07, 6.45) is 2.39. The zero-order chi connectivity index (χ0) is 19.1. The van der Waals surface area contributed by atoms with Gasteiger partial charge in [0.1, 0.15) is 5.82 Å². The van der Waals surface area contributed by atoms with E-state index in [2.05, 4.69) is 27.1 Å². The molecule has 0 bridgehead atoms. The first kappa shape index (κ1) is 19.2. The molecule has 2 heterocycles. The van der Waals surface area contributed by atoms with Crippen molar-refractivity contribution in [2.75, 3.05) is 32.8 Å². The quantitative estimate of drug-likeness (QED) is 0.463. The Labute approximate surface area is 160 Å². The maximum Gasteiger partial charge on any atom is 0.309 e. The minimum Gasteiger partial charge on any atom is -0.466 e. The number of carbonyl (C=O) groups is 1. The molecule has 1 fully saturated rings. The largest absolute Gasteiger partial charge is 0.466 e. The summed E-state index contributed by atoms with van der Waals surface area (Å²) in [6.45, 7) is 7.50. The maximum absolute atomic E-state index is 11.9. The standard InChI is InChI=1S/C20H29N5O2/c1-3-21-20(25-13-10-15(11-14-25)19(26)27-4-2)22-12-9-18-23-16-7-5-6-8-17(16)24-18/h5-8,15H,3-4,9-14H2,1-2H3,(H,21,22)(H,23,24). The zero-order valence-corrected chi connectivity index (χ0v) is 16.2. The third-order valence-electron chi connectivity index (χ3n) is 4.80. The summed E-state index contributed by atoms with van der Waals surface area (Å²) in [6, 6.07) is 8.04. The van der Waals surface area contributed by atoms with Crippen LogP contribution in [0.15, 0.2) is 29.3 Å². The Morgan fingerprint density at radius 1 is 1.33 bits per heavy atom. The van der Waals surface area contributed by atoms with Crippen molar-refractivity contribution in [1.82, 2.24) is 20.2 Å². The number of guanidine groups is 1. The van der Waals surface area contributed by atoms with Crippen molar-refractivity contribution >= 4 is 23.0 Å². The predicted molar refractivity (Wildman–Crippen MR) is 107 cm³/mol. The fraction of sp³-hybridized carbons (Fsp3) is 0.550. The van der Waals surface area contributed by atoms with Crippen LogP contribution in [-0.2, 0) is 16.0 Å². The summed E-state index contributed by atoms with van der Waals surface area (Å²) in [4.78, 5) is 26.9. The number of hydrogen-bond acceptors (Lipinski definition) is 4. The third-order valence-corrected chi connectivity index (χ3v) is 4.80. The van der Waals surface area contributed by atoms with Crippen LogP contribution in [0.4, 0.5) is 0 Å². The first-order valence-electron chi connectivity index (χ1n) is 9.84. The van der Waals surface area contributed by atoms with E-state index in [-0.39, 0.29) is 11.9 Å². The first-order chi connectivity index (χ1) is 13.2. The summed E-state index contributed by atoms with van der Waals surface area (Å²) >= 11 is 0. The van der Waals surface area contributed by atoms with Gasteiger partial charge < -0.3 is 19.9 Å². The number of ether oxygens (including phenoxy) is 1. The van der Waals surface area contributed by atoms with Crippen LogP contribution in [0.1, 0.15) is 32.5 Å². The molecule has 2 aromatic rings. The van der Waals surface area contributed by atoms with E-state index in [4.69, 9.17) is 9.73 Å². The van der Waals surface area contributed by atoms with Crippen molar-refractivity contribution < 1.29 is 9.53 Å². The van der Waals surface area contributed by atoms with E-state index in [0.717, 1.165) is 61.7 Å². The molecule has 1 aliphatic heterocycles. The highest BCUT2D eigenvalue weighted by atomic mass is 16.5. The number of hydrogen-bond donors (Lipinski definition) is 2. The maximum atomic E-state index is 11.9. The van der Waals surface area contributed by atoms with Crippen LogP contribution in [0.25, 0.3) is 11.0 Å². The van der Waals surface area contributed by atoms with Gasteiger partial charge in [-0.05, 0) is 38.8 Å². The van der Waals surface area contributed by atoms with Gasteiger partial charge in [-0.15, -0.1) is 0 Å². The van der Waals surface area contributed by atoms with Crippen LogP contribution >= 0.6 is 0 Å². The number of nitrogens with zero attached hydrogens (tertiary/aromatic N) is 3. The summed E-state index contributed by atoms with van der Waals surface area (Å²) in [5.74, 6) is 1.82. The molecule has 146 valence electrons. The molecule has 0 aliphatic carbocycles. The molecule has 3 rings (SSSR count). The van der Waals surface area contributed by atoms with Crippen LogP contribution < -0.4 is 5.32 Å². The van der Waals surface area contributed by atoms with Gasteiger partial charge in [-0.3, -0.25) is 9.79 Å². The van der Waals surface area contributed by atoms with Gasteiger partial charge in [-0.25, -0.2) is 4.98 Å². The molecular weight excluding hydrogens is 342 g/mol. The highest BCUT2D eigenvalue weighted by Gasteiger charge is 2.27. The molecule has 0 radical (unpaired) electrons. The zero-order valence-electron chi connectivity index (χ0n) is 16.2. The van der Waals surface area contributed by atoms with E-state index >= 15 is 0 Å². The Balaban J connectivity index is 1.56. The van der Waals surface area contributed by atoms with E-state index in [9.17, 15) is 4.79 Å². The number of aromatic nitrogens is 2. The molecule has 27 heavy (non-hydrogen) atoms. The molecular formula is C20H29N5O2. The average Bonchev–Trinajstić information content (AvgIpc) is 3.10. The smallest absolute Gasteiger partial charge is 0.309 e. The van der Waals surface area contributed by atoms with Gasteiger partial charge in [0, 0.05) is 32.6 Å². The van der Waals surface area contributed by atoms with Crippen molar-refractivity contribution in [3.63, 3.8) is 0 Å². The van der Waals surface area contributed by atoms with Crippen molar-refractivity contribution in [2.45, 2.75) is 33.1 Å². The molecule has 1 saturated heterocycles. The molecule has 0 amide bonds. The molecule has 0 spiro atoms. The van der Waals surface area contributed by atoms with Gasteiger partial charge in [0.15, 0.2) is 5.96 Å². The number of piperidine rings is 1. The molecule has 0 unspecified atom stereocenters. The van der Waals surface area contributed by atoms with Crippen molar-refractivity contribution in [3.8, 4) is 0 Å². The Kier molecular flexibility index (Phi) is 6.68. The van der Waals surface area contributed by atoms with Gasteiger partial charge in [-0.2, -0.15) is 0 Å². The molecule has 1 aliphatic rings. The number of H-pyrrole nitrogens is 1. The van der Waals surface area contributed by atoms with Crippen molar-refractivity contribution in [3.05, 3.63) is 30.1 Å². The van der Waals surface area contributed by atoms with Gasteiger partial charge in [0.25, 0.3) is 0 Å². The number of esters is 1. The highest BCUT2D eigenvalue weighted by molar-refractivity contribution is 5.80. The number of rotatable bonds is 6. The Hall–Kier alpha value is -2.57. The van der Waals surface area contributed by atoms with Crippen LogP contribution in [-0.4, -0.2) is 59.6 Å². The Bertz CT molecular complexity index is 745. The fourth-order valence-electron chi connectivity index (χ4n) is 3.40. The lowest BCUT2D eigenvalue weighted by molar-refractivity contribution is -0.149. The first-order valence-corrected chi connectivity index (χ1v) is 9.84. The topological polar surface area (TPSA) is 82.6 Å². The van der Waals surface area contributed by atoms with Crippen LogP contribution in [0, 0.1) is 5.92 Å². The van der Waals surface area contributed by atoms with Gasteiger partial charge in [0.2, 0.25) is 0 Å². The molecule has 1 aromatic carbocycles. The Morgan fingerprint density at radius 2 is 2.11 bits per heavy atom. The molecule has 0 saturated carbocycles. The monoisotopic (exact) mass is 371 g/mol. The lowest BCUT2D eigenvalue weighted by atomic mass is 9.97. The molecule has 2 N–H and O–H groups in total. The number of likely N-dealkylation sites (tertiary alicyclic amines) is 1. The lowest BCUT2D eigenvalue weighted by Crippen LogP contribution is -2.46. The lowest BCUT2D eigenvalue weighted by Gasteiger charge is -2.33. The number of para-hydroxylation sites is 2. The minimum absolute atomic E-state index is 0.0135. The van der Waals surface area contributed by atoms with Crippen LogP contribution in [0.2, 0.25) is 0 Å². The molecule has 7 heteroatoms.